The van der Waals surface area contributed by atoms with Crippen LogP contribution in [0.4, 0.5) is 5.69 Å². The molecule has 150 valence electrons. The van der Waals surface area contributed by atoms with Gasteiger partial charge in [0.2, 0.25) is 0 Å². The van der Waals surface area contributed by atoms with Gasteiger partial charge in [0, 0.05) is 31.4 Å². The van der Waals surface area contributed by atoms with Crippen LogP contribution in [-0.2, 0) is 4.79 Å². The number of hydrogen-bond donors (Lipinski definition) is 2. The van der Waals surface area contributed by atoms with Crippen LogP contribution in [0.25, 0.3) is 0 Å². The van der Waals surface area contributed by atoms with Gasteiger partial charge in [-0.25, -0.2) is 0 Å². The van der Waals surface area contributed by atoms with Crippen molar-refractivity contribution in [2.45, 2.75) is 72.4 Å². The number of nitrogens with one attached hydrogen (secondary N) is 1. The quantitative estimate of drug-likeness (QED) is 0.751. The molecule has 27 heavy (non-hydrogen) atoms. The van der Waals surface area contributed by atoms with Crippen LogP contribution in [0, 0.1) is 33.6 Å². The Labute approximate surface area is 163 Å². The van der Waals surface area contributed by atoms with Gasteiger partial charge in [-0.05, 0) is 88.5 Å². The molecule has 1 atom stereocenters. The van der Waals surface area contributed by atoms with Gasteiger partial charge in [0.25, 0.3) is 5.91 Å². The minimum atomic E-state index is -0.519. The number of piperidine rings is 1. The van der Waals surface area contributed by atoms with E-state index in [0.717, 1.165) is 65.5 Å². The fourth-order valence-corrected chi connectivity index (χ4v) is 3.96. The minimum absolute atomic E-state index is 0.0263. The average molecular weight is 374 g/mol. The van der Waals surface area contributed by atoms with E-state index >= 15 is 0 Å². The Hall–Kier alpha value is -1.75. The Kier molecular flexibility index (Phi) is 5.99. The van der Waals surface area contributed by atoms with E-state index in [4.69, 9.17) is 10.5 Å². The fraction of sp³-hybridized carbons (Fsp3) is 0.682. The highest BCUT2D eigenvalue weighted by molar-refractivity contribution is 5.81. The molecule has 2 aliphatic rings. The Bertz CT molecular complexity index is 675. The summed E-state index contributed by atoms with van der Waals surface area (Å²) in [5, 5.41) is 3.19. The van der Waals surface area contributed by atoms with E-state index in [9.17, 15) is 4.79 Å². The maximum Gasteiger partial charge on any atom is 0.260 e. The SMILES string of the molecule is Cc1c(C)c(OC(C)C(=O)NC2CCN(CC3CC3)CC2)c(C)c(C)c1N. The zero-order chi connectivity index (χ0) is 19.7. The third-order valence-corrected chi connectivity index (χ3v) is 6.43. The second kappa shape index (κ2) is 8.09. The van der Waals surface area contributed by atoms with Crippen molar-refractivity contribution in [3.8, 4) is 5.75 Å². The molecule has 1 aromatic carbocycles. The number of anilines is 1. The normalized spacial score (nSPS) is 19.7. The number of rotatable bonds is 6. The molecule has 0 bridgehead atoms. The maximum absolute atomic E-state index is 12.7. The predicted molar refractivity (Wildman–Crippen MR) is 110 cm³/mol. The molecule has 1 amide bonds. The number of nitrogens with zero attached hydrogens (tertiary/aromatic N) is 1. The first-order chi connectivity index (χ1) is 12.8. The molecule has 1 aliphatic carbocycles. The number of amides is 1. The van der Waals surface area contributed by atoms with Crippen molar-refractivity contribution in [1.29, 1.82) is 0 Å². The summed E-state index contributed by atoms with van der Waals surface area (Å²) in [4.78, 5) is 15.2. The van der Waals surface area contributed by atoms with E-state index in [0.29, 0.717) is 0 Å². The van der Waals surface area contributed by atoms with Crippen LogP contribution in [0.15, 0.2) is 0 Å². The summed E-state index contributed by atoms with van der Waals surface area (Å²) in [6, 6.07) is 0.260. The lowest BCUT2D eigenvalue weighted by atomic mass is 9.97. The lowest BCUT2D eigenvalue weighted by molar-refractivity contribution is -0.128. The standard InChI is InChI=1S/C22H35N3O2/c1-13-15(3)21(16(4)14(2)20(13)23)27-17(5)22(26)24-19-8-10-25(11-9-19)12-18-6-7-18/h17-19H,6-12,23H2,1-5H3,(H,24,26). The molecule has 5 heteroatoms. The molecule has 1 unspecified atom stereocenters. The number of benzene rings is 1. The summed E-state index contributed by atoms with van der Waals surface area (Å²) in [6.07, 6.45) is 4.34. The van der Waals surface area contributed by atoms with E-state index in [1.165, 1.54) is 19.4 Å². The average Bonchev–Trinajstić information content (AvgIpc) is 3.47. The molecule has 3 N–H and O–H groups in total. The zero-order valence-corrected chi connectivity index (χ0v) is 17.5. The molecule has 0 aromatic heterocycles. The lowest BCUT2D eigenvalue weighted by Gasteiger charge is -2.33. The van der Waals surface area contributed by atoms with Gasteiger partial charge in [0.05, 0.1) is 0 Å². The van der Waals surface area contributed by atoms with E-state index in [-0.39, 0.29) is 11.9 Å². The van der Waals surface area contributed by atoms with Crippen molar-refractivity contribution < 1.29 is 9.53 Å². The van der Waals surface area contributed by atoms with E-state index in [2.05, 4.69) is 10.2 Å². The third kappa shape index (κ3) is 4.57. The molecular weight excluding hydrogens is 338 g/mol. The first-order valence-corrected chi connectivity index (χ1v) is 10.3. The van der Waals surface area contributed by atoms with Gasteiger partial charge in [-0.15, -0.1) is 0 Å². The molecule has 3 rings (SSSR count). The van der Waals surface area contributed by atoms with E-state index < -0.39 is 6.10 Å². The number of carbonyl (C=O) groups is 1. The third-order valence-electron chi connectivity index (χ3n) is 6.43. The molecule has 1 saturated heterocycles. The molecule has 1 aliphatic heterocycles. The van der Waals surface area contributed by atoms with Crippen LogP contribution in [0.3, 0.4) is 0 Å². The van der Waals surface area contributed by atoms with Crippen LogP contribution >= 0.6 is 0 Å². The van der Waals surface area contributed by atoms with Gasteiger partial charge in [-0.1, -0.05) is 0 Å². The van der Waals surface area contributed by atoms with Crippen LogP contribution < -0.4 is 15.8 Å². The first-order valence-electron chi connectivity index (χ1n) is 10.3. The molecule has 1 saturated carbocycles. The van der Waals surface area contributed by atoms with Gasteiger partial charge in [0.15, 0.2) is 6.10 Å². The van der Waals surface area contributed by atoms with Gasteiger partial charge in [0.1, 0.15) is 5.75 Å². The van der Waals surface area contributed by atoms with Crippen molar-refractivity contribution >= 4 is 11.6 Å². The molecule has 0 spiro atoms. The number of hydrogen-bond acceptors (Lipinski definition) is 4. The topological polar surface area (TPSA) is 67.6 Å². The highest BCUT2D eigenvalue weighted by Gasteiger charge is 2.28. The zero-order valence-electron chi connectivity index (χ0n) is 17.5. The van der Waals surface area contributed by atoms with Gasteiger partial charge in [-0.2, -0.15) is 0 Å². The van der Waals surface area contributed by atoms with E-state index in [1.54, 1.807) is 0 Å². The summed E-state index contributed by atoms with van der Waals surface area (Å²) in [7, 11) is 0. The molecule has 0 radical (unpaired) electrons. The molecule has 1 aromatic rings. The Morgan fingerprint density at radius 2 is 1.63 bits per heavy atom. The Morgan fingerprint density at radius 1 is 1.07 bits per heavy atom. The summed E-state index contributed by atoms with van der Waals surface area (Å²) < 4.78 is 6.10. The first kappa shape index (κ1) is 20.0. The summed E-state index contributed by atoms with van der Waals surface area (Å²) >= 11 is 0. The van der Waals surface area contributed by atoms with Gasteiger partial charge >= 0.3 is 0 Å². The number of ether oxygens (including phenoxy) is 1. The number of carbonyl (C=O) groups excluding carboxylic acids is 1. The van der Waals surface area contributed by atoms with Crippen molar-refractivity contribution in [2.24, 2.45) is 5.92 Å². The van der Waals surface area contributed by atoms with Crippen LogP contribution in [0.2, 0.25) is 0 Å². The highest BCUT2D eigenvalue weighted by atomic mass is 16.5. The fourth-order valence-electron chi connectivity index (χ4n) is 3.96. The number of nitrogen functional groups attached to an aromatic ring is 1. The Morgan fingerprint density at radius 3 is 2.15 bits per heavy atom. The van der Waals surface area contributed by atoms with Crippen LogP contribution in [-0.4, -0.2) is 42.6 Å². The van der Waals surface area contributed by atoms with Gasteiger partial charge in [-0.3, -0.25) is 4.79 Å². The van der Waals surface area contributed by atoms with Gasteiger partial charge < -0.3 is 20.7 Å². The van der Waals surface area contributed by atoms with Crippen LogP contribution in [0.5, 0.6) is 5.75 Å². The van der Waals surface area contributed by atoms with Crippen LogP contribution in [0.1, 0.15) is 54.9 Å². The van der Waals surface area contributed by atoms with Crippen molar-refractivity contribution in [3.05, 3.63) is 22.3 Å². The molecule has 2 fully saturated rings. The summed E-state index contributed by atoms with van der Waals surface area (Å²) in [5.41, 5.74) is 11.1. The number of likely N-dealkylation sites (tertiary alicyclic amines) is 1. The second-order valence-corrected chi connectivity index (χ2v) is 8.53. The highest BCUT2D eigenvalue weighted by Crippen LogP contribution is 2.34. The molecule has 1 heterocycles. The second-order valence-electron chi connectivity index (χ2n) is 8.53. The van der Waals surface area contributed by atoms with Crippen molar-refractivity contribution in [2.75, 3.05) is 25.4 Å². The predicted octanol–water partition coefficient (Wildman–Crippen LogP) is 3.26. The lowest BCUT2D eigenvalue weighted by Crippen LogP contribution is -2.48. The summed E-state index contributed by atoms with van der Waals surface area (Å²) in [5.74, 6) is 1.70. The number of nitrogens with two attached hydrogens (primary N) is 1. The van der Waals surface area contributed by atoms with Crippen molar-refractivity contribution in [1.82, 2.24) is 10.2 Å². The van der Waals surface area contributed by atoms with Crippen molar-refractivity contribution in [3.63, 3.8) is 0 Å². The maximum atomic E-state index is 12.7. The smallest absolute Gasteiger partial charge is 0.260 e. The largest absolute Gasteiger partial charge is 0.480 e. The Balaban J connectivity index is 1.55. The summed E-state index contributed by atoms with van der Waals surface area (Å²) in [6.45, 7) is 13.3. The molecular formula is C22H35N3O2. The monoisotopic (exact) mass is 373 g/mol. The van der Waals surface area contributed by atoms with E-state index in [1.807, 2.05) is 34.6 Å². The minimum Gasteiger partial charge on any atom is -0.480 e. The molecule has 5 nitrogen and oxygen atoms in total.